The molecule has 9 heteroatoms. The number of amides is 1. The van der Waals surface area contributed by atoms with Crippen LogP contribution < -0.4 is 10.9 Å². The molecule has 1 saturated heterocycles. The second-order valence-electron chi connectivity index (χ2n) is 7.96. The first kappa shape index (κ1) is 18.6. The van der Waals surface area contributed by atoms with Crippen molar-refractivity contribution in [1.82, 2.24) is 19.9 Å². The van der Waals surface area contributed by atoms with E-state index in [9.17, 15) is 18.0 Å². The third kappa shape index (κ3) is 3.67. The Balaban J connectivity index is 1.83. The van der Waals surface area contributed by atoms with Crippen LogP contribution in [0.3, 0.4) is 0 Å². The lowest BCUT2D eigenvalue weighted by Crippen LogP contribution is -2.34. The van der Waals surface area contributed by atoms with E-state index in [4.69, 9.17) is 0 Å². The van der Waals surface area contributed by atoms with Crippen LogP contribution in [0.1, 0.15) is 51.5 Å². The van der Waals surface area contributed by atoms with E-state index in [1.165, 1.54) is 10.6 Å². The number of carbonyl (C=O) groups is 1. The van der Waals surface area contributed by atoms with Gasteiger partial charge in [0, 0.05) is 23.2 Å². The molecule has 2 aromatic heterocycles. The Hall–Kier alpha value is -2.16. The molecule has 2 atom stereocenters. The first-order valence-corrected chi connectivity index (χ1v) is 10.4. The number of nitrogens with zero attached hydrogens (tertiary/aromatic N) is 2. The van der Waals surface area contributed by atoms with Gasteiger partial charge in [0.25, 0.3) is 5.56 Å². The highest BCUT2D eigenvalue weighted by Crippen LogP contribution is 2.22. The third-order valence-corrected chi connectivity index (χ3v) is 6.45. The van der Waals surface area contributed by atoms with E-state index < -0.39 is 21.8 Å². The summed E-state index contributed by atoms with van der Waals surface area (Å²) in [5.74, 6) is -0.922. The molecule has 26 heavy (non-hydrogen) atoms. The number of fused-ring (bicyclic) bond motifs is 1. The maximum absolute atomic E-state index is 12.4. The molecular formula is C17H24N4O4S. The van der Waals surface area contributed by atoms with Crippen molar-refractivity contribution in [2.75, 3.05) is 11.5 Å². The zero-order chi connectivity index (χ0) is 19.3. The van der Waals surface area contributed by atoms with Crippen molar-refractivity contribution in [2.45, 2.75) is 45.6 Å². The van der Waals surface area contributed by atoms with Crippen LogP contribution in [0.25, 0.3) is 5.65 Å². The molecular weight excluding hydrogens is 356 g/mol. The Bertz CT molecular complexity index is 1010. The van der Waals surface area contributed by atoms with Gasteiger partial charge in [-0.1, -0.05) is 20.8 Å². The van der Waals surface area contributed by atoms with E-state index >= 15 is 0 Å². The molecule has 2 aromatic rings. The summed E-state index contributed by atoms with van der Waals surface area (Å²) in [6.45, 7) is 7.82. The Kier molecular flexibility index (Phi) is 4.46. The van der Waals surface area contributed by atoms with E-state index in [1.54, 1.807) is 6.92 Å². The van der Waals surface area contributed by atoms with Crippen molar-refractivity contribution >= 4 is 21.4 Å². The zero-order valence-corrected chi connectivity index (χ0v) is 16.2. The highest BCUT2D eigenvalue weighted by Gasteiger charge is 2.33. The second kappa shape index (κ2) is 6.22. The van der Waals surface area contributed by atoms with E-state index in [2.05, 4.69) is 15.4 Å². The molecule has 2 N–H and O–H groups in total. The highest BCUT2D eigenvalue weighted by molar-refractivity contribution is 7.91. The maximum atomic E-state index is 12.4. The van der Waals surface area contributed by atoms with Crippen molar-refractivity contribution in [3.63, 3.8) is 0 Å². The Morgan fingerprint density at radius 3 is 2.65 bits per heavy atom. The Morgan fingerprint density at radius 1 is 1.38 bits per heavy atom. The monoisotopic (exact) mass is 380 g/mol. The van der Waals surface area contributed by atoms with Crippen LogP contribution in [-0.4, -0.2) is 40.4 Å². The molecule has 142 valence electrons. The van der Waals surface area contributed by atoms with Crippen molar-refractivity contribution < 1.29 is 13.2 Å². The number of aromatic amines is 1. The smallest absolute Gasteiger partial charge is 0.272 e. The van der Waals surface area contributed by atoms with Crippen LogP contribution in [0.5, 0.6) is 0 Å². The van der Waals surface area contributed by atoms with E-state index in [0.29, 0.717) is 17.8 Å². The molecule has 0 bridgehead atoms. The lowest BCUT2D eigenvalue weighted by Gasteiger charge is -2.16. The number of aromatic nitrogens is 3. The summed E-state index contributed by atoms with van der Waals surface area (Å²) in [6.07, 6.45) is 0.336. The second-order valence-corrected chi connectivity index (χ2v) is 10.2. The SMILES string of the molecule is C[C@H](NC(=O)[C@H]1CCS(=O)(=O)C1)c1cc(=O)n2[nH]c(C(C)(C)C)cc2n1. The number of rotatable bonds is 3. The predicted molar refractivity (Wildman–Crippen MR) is 97.8 cm³/mol. The molecule has 8 nitrogen and oxygen atoms in total. The summed E-state index contributed by atoms with van der Waals surface area (Å²) in [5, 5.41) is 5.83. The number of sulfone groups is 1. The normalized spacial score (nSPS) is 21.0. The molecule has 3 heterocycles. The van der Waals surface area contributed by atoms with Gasteiger partial charge >= 0.3 is 0 Å². The molecule has 1 amide bonds. The van der Waals surface area contributed by atoms with Gasteiger partial charge < -0.3 is 5.32 Å². The maximum Gasteiger partial charge on any atom is 0.272 e. The van der Waals surface area contributed by atoms with Crippen LogP contribution in [0.15, 0.2) is 16.9 Å². The van der Waals surface area contributed by atoms with Gasteiger partial charge in [-0.25, -0.2) is 17.9 Å². The molecule has 3 rings (SSSR count). The molecule has 1 fully saturated rings. The topological polar surface area (TPSA) is 113 Å². The van der Waals surface area contributed by atoms with Gasteiger partial charge in [0.1, 0.15) is 0 Å². The Labute approximate surface area is 151 Å². The predicted octanol–water partition coefficient (Wildman–Crippen LogP) is 0.932. The number of hydrogen-bond acceptors (Lipinski definition) is 5. The number of H-pyrrole nitrogens is 1. The number of hydrogen-bond donors (Lipinski definition) is 2. The minimum absolute atomic E-state index is 0.0456. The minimum Gasteiger partial charge on any atom is -0.348 e. The van der Waals surface area contributed by atoms with Crippen LogP contribution in [0.2, 0.25) is 0 Å². The van der Waals surface area contributed by atoms with Gasteiger partial charge in [0.15, 0.2) is 15.5 Å². The fourth-order valence-electron chi connectivity index (χ4n) is 3.02. The Morgan fingerprint density at radius 2 is 2.08 bits per heavy atom. The number of carbonyl (C=O) groups excluding carboxylic acids is 1. The fourth-order valence-corrected chi connectivity index (χ4v) is 4.76. The molecule has 0 radical (unpaired) electrons. The van der Waals surface area contributed by atoms with Gasteiger partial charge in [-0.05, 0) is 13.3 Å². The molecule has 0 saturated carbocycles. The summed E-state index contributed by atoms with van der Waals surface area (Å²) < 4.78 is 24.4. The quantitative estimate of drug-likeness (QED) is 0.822. The first-order chi connectivity index (χ1) is 12.0. The van der Waals surface area contributed by atoms with E-state index in [1.807, 2.05) is 26.8 Å². The van der Waals surface area contributed by atoms with Crippen molar-refractivity contribution in [2.24, 2.45) is 5.92 Å². The highest BCUT2D eigenvalue weighted by atomic mass is 32.2. The van der Waals surface area contributed by atoms with E-state index in [0.717, 1.165) is 5.69 Å². The lowest BCUT2D eigenvalue weighted by atomic mass is 9.93. The van der Waals surface area contributed by atoms with Crippen LogP contribution in [0.4, 0.5) is 0 Å². The van der Waals surface area contributed by atoms with E-state index in [-0.39, 0.29) is 28.4 Å². The summed E-state index contributed by atoms with van der Waals surface area (Å²) in [7, 11) is -3.12. The minimum atomic E-state index is -3.12. The largest absolute Gasteiger partial charge is 0.348 e. The van der Waals surface area contributed by atoms with Crippen molar-refractivity contribution in [3.05, 3.63) is 33.9 Å². The standard InChI is InChI=1S/C17H24N4O4S/c1-10(18-16(23)11-5-6-26(24,25)9-11)12-7-15(22)21-14(19-12)8-13(20-21)17(2,3)4/h7-8,10-11,20H,5-6,9H2,1-4H3,(H,18,23)/t10-,11-/m0/s1. The molecule has 0 aromatic carbocycles. The van der Waals surface area contributed by atoms with Crippen molar-refractivity contribution in [3.8, 4) is 0 Å². The molecule has 1 aliphatic heterocycles. The average Bonchev–Trinajstić information content (AvgIpc) is 3.10. The number of nitrogens with one attached hydrogen (secondary N) is 2. The van der Waals surface area contributed by atoms with Gasteiger partial charge in [0.2, 0.25) is 5.91 Å². The summed E-state index contributed by atoms with van der Waals surface area (Å²) >= 11 is 0. The van der Waals surface area contributed by atoms with Gasteiger partial charge in [-0.3, -0.25) is 14.7 Å². The third-order valence-electron chi connectivity index (χ3n) is 4.68. The molecule has 0 spiro atoms. The zero-order valence-electron chi connectivity index (χ0n) is 15.4. The fraction of sp³-hybridized carbons (Fsp3) is 0.588. The van der Waals surface area contributed by atoms with Gasteiger partial charge in [-0.2, -0.15) is 0 Å². The van der Waals surface area contributed by atoms with Crippen LogP contribution in [0, 0.1) is 5.92 Å². The van der Waals surface area contributed by atoms with Crippen LogP contribution in [-0.2, 0) is 20.0 Å². The summed E-state index contributed by atoms with van der Waals surface area (Å²) in [4.78, 5) is 29.2. The van der Waals surface area contributed by atoms with Crippen molar-refractivity contribution in [1.29, 1.82) is 0 Å². The molecule has 1 aliphatic rings. The van der Waals surface area contributed by atoms with Gasteiger partial charge in [0.05, 0.1) is 29.2 Å². The van der Waals surface area contributed by atoms with Crippen LogP contribution >= 0.6 is 0 Å². The summed E-state index contributed by atoms with van der Waals surface area (Å²) in [6, 6.07) is 2.71. The average molecular weight is 380 g/mol. The van der Waals surface area contributed by atoms with Gasteiger partial charge in [-0.15, -0.1) is 0 Å². The molecule has 0 aliphatic carbocycles. The first-order valence-electron chi connectivity index (χ1n) is 8.60. The lowest BCUT2D eigenvalue weighted by molar-refractivity contribution is -0.124. The summed E-state index contributed by atoms with van der Waals surface area (Å²) in [5.41, 5.74) is 1.40. The molecule has 0 unspecified atom stereocenters.